The Morgan fingerprint density at radius 2 is 2.00 bits per heavy atom. The fourth-order valence-corrected chi connectivity index (χ4v) is 3.33. The molecular weight excluding hydrogens is 268 g/mol. The number of aliphatic carboxylic acids is 1. The molecule has 5 heteroatoms. The summed E-state index contributed by atoms with van der Waals surface area (Å²) < 4.78 is 5.27. The Labute approximate surface area is 125 Å². The van der Waals surface area contributed by atoms with Crippen LogP contribution in [0.15, 0.2) is 24.3 Å². The lowest BCUT2D eigenvalue weighted by Crippen LogP contribution is -2.57. The van der Waals surface area contributed by atoms with E-state index in [2.05, 4.69) is 21.9 Å². The summed E-state index contributed by atoms with van der Waals surface area (Å²) >= 11 is 0. The Morgan fingerprint density at radius 3 is 2.57 bits per heavy atom. The molecule has 2 fully saturated rings. The molecule has 1 aliphatic heterocycles. The van der Waals surface area contributed by atoms with Gasteiger partial charge in [0.1, 0.15) is 5.75 Å². The van der Waals surface area contributed by atoms with Crippen LogP contribution in [0.5, 0.6) is 5.75 Å². The zero-order valence-electron chi connectivity index (χ0n) is 12.4. The summed E-state index contributed by atoms with van der Waals surface area (Å²) in [4.78, 5) is 15.8. The molecule has 2 unspecified atom stereocenters. The van der Waals surface area contributed by atoms with Crippen LogP contribution < -0.4 is 9.64 Å². The van der Waals surface area contributed by atoms with Crippen molar-refractivity contribution in [3.63, 3.8) is 0 Å². The third-order valence-electron chi connectivity index (χ3n) is 4.76. The van der Waals surface area contributed by atoms with Crippen molar-refractivity contribution < 1.29 is 14.6 Å². The van der Waals surface area contributed by atoms with Gasteiger partial charge in [-0.05, 0) is 25.0 Å². The van der Waals surface area contributed by atoms with E-state index in [-0.39, 0.29) is 12.0 Å². The lowest BCUT2D eigenvalue weighted by Gasteiger charge is -2.46. The number of piperazine rings is 1. The molecule has 1 saturated carbocycles. The van der Waals surface area contributed by atoms with Crippen molar-refractivity contribution >= 4 is 11.7 Å². The van der Waals surface area contributed by atoms with Crippen LogP contribution in [0.25, 0.3) is 0 Å². The largest absolute Gasteiger partial charge is 0.497 e. The smallest absolute Gasteiger partial charge is 0.308 e. The summed E-state index contributed by atoms with van der Waals surface area (Å²) in [7, 11) is 1.68. The van der Waals surface area contributed by atoms with E-state index < -0.39 is 5.97 Å². The van der Waals surface area contributed by atoms with E-state index in [1.807, 2.05) is 12.1 Å². The molecule has 1 N–H and O–H groups in total. The average molecular weight is 290 g/mol. The molecule has 0 radical (unpaired) electrons. The molecule has 5 nitrogen and oxygen atoms in total. The van der Waals surface area contributed by atoms with E-state index in [9.17, 15) is 9.90 Å². The van der Waals surface area contributed by atoms with Crippen LogP contribution in [0, 0.1) is 5.92 Å². The van der Waals surface area contributed by atoms with Gasteiger partial charge in [0.05, 0.1) is 13.0 Å². The second-order valence-electron chi connectivity index (χ2n) is 5.81. The predicted molar refractivity (Wildman–Crippen MR) is 80.9 cm³/mol. The van der Waals surface area contributed by atoms with Crippen molar-refractivity contribution in [2.75, 3.05) is 38.2 Å². The number of ether oxygens (including phenoxy) is 1. The van der Waals surface area contributed by atoms with Crippen LogP contribution in [0.3, 0.4) is 0 Å². The Hall–Kier alpha value is -1.75. The maximum absolute atomic E-state index is 11.1. The maximum Gasteiger partial charge on any atom is 0.308 e. The molecule has 1 aromatic carbocycles. The first-order chi connectivity index (χ1) is 10.2. The minimum absolute atomic E-state index is 0.159. The molecule has 0 spiro atoms. The topological polar surface area (TPSA) is 53.0 Å². The first-order valence-electron chi connectivity index (χ1n) is 7.55. The summed E-state index contributed by atoms with van der Waals surface area (Å²) in [5.41, 5.74) is 1.18. The SMILES string of the molecule is COc1cccc(N2CCN(C3CCC3C(=O)O)CC2)c1. The zero-order valence-corrected chi connectivity index (χ0v) is 12.4. The number of benzene rings is 1. The molecule has 1 heterocycles. The van der Waals surface area contributed by atoms with E-state index in [0.717, 1.165) is 44.8 Å². The van der Waals surface area contributed by atoms with Gasteiger partial charge in [0, 0.05) is 44.0 Å². The number of nitrogens with zero attached hydrogens (tertiary/aromatic N) is 2. The van der Waals surface area contributed by atoms with Crippen molar-refractivity contribution in [3.8, 4) is 5.75 Å². The third-order valence-corrected chi connectivity index (χ3v) is 4.76. The Balaban J connectivity index is 1.59. The third kappa shape index (κ3) is 2.83. The zero-order chi connectivity index (χ0) is 14.8. The summed E-state index contributed by atoms with van der Waals surface area (Å²) in [5.74, 6) is 0.0784. The molecule has 0 aromatic heterocycles. The molecule has 1 aromatic rings. The van der Waals surface area contributed by atoms with Crippen LogP contribution in [-0.4, -0.2) is 55.3 Å². The summed E-state index contributed by atoms with van der Waals surface area (Å²) in [6.07, 6.45) is 1.85. The van der Waals surface area contributed by atoms with Crippen molar-refractivity contribution in [2.45, 2.75) is 18.9 Å². The predicted octanol–water partition coefficient (Wildman–Crippen LogP) is 1.68. The number of carboxylic acid groups (broad SMARTS) is 1. The van der Waals surface area contributed by atoms with Gasteiger partial charge in [0.15, 0.2) is 0 Å². The summed E-state index contributed by atoms with van der Waals surface area (Å²) in [5, 5.41) is 9.17. The number of methoxy groups -OCH3 is 1. The van der Waals surface area contributed by atoms with E-state index in [1.54, 1.807) is 7.11 Å². The Morgan fingerprint density at radius 1 is 1.24 bits per heavy atom. The molecule has 1 aliphatic carbocycles. The van der Waals surface area contributed by atoms with Crippen molar-refractivity contribution in [2.24, 2.45) is 5.92 Å². The fourth-order valence-electron chi connectivity index (χ4n) is 3.33. The van der Waals surface area contributed by atoms with Gasteiger partial charge in [-0.15, -0.1) is 0 Å². The van der Waals surface area contributed by atoms with E-state index in [4.69, 9.17) is 4.74 Å². The first-order valence-corrected chi connectivity index (χ1v) is 7.55. The average Bonchev–Trinajstić information content (AvgIpc) is 2.46. The van der Waals surface area contributed by atoms with Crippen LogP contribution >= 0.6 is 0 Å². The monoisotopic (exact) mass is 290 g/mol. The van der Waals surface area contributed by atoms with Gasteiger partial charge in [-0.3, -0.25) is 9.69 Å². The Kier molecular flexibility index (Phi) is 4.01. The number of carbonyl (C=O) groups is 1. The highest BCUT2D eigenvalue weighted by atomic mass is 16.5. The molecular formula is C16H22N2O3. The fraction of sp³-hybridized carbons (Fsp3) is 0.562. The van der Waals surface area contributed by atoms with Gasteiger partial charge in [-0.2, -0.15) is 0 Å². The van der Waals surface area contributed by atoms with Gasteiger partial charge in [0.25, 0.3) is 0 Å². The first kappa shape index (κ1) is 14.2. The van der Waals surface area contributed by atoms with Crippen molar-refractivity contribution in [1.82, 2.24) is 4.90 Å². The highest BCUT2D eigenvalue weighted by Gasteiger charge is 2.41. The quantitative estimate of drug-likeness (QED) is 0.914. The molecule has 3 rings (SSSR count). The van der Waals surface area contributed by atoms with Crippen LogP contribution in [0.2, 0.25) is 0 Å². The van der Waals surface area contributed by atoms with Gasteiger partial charge < -0.3 is 14.7 Å². The molecule has 1 saturated heterocycles. The molecule has 2 atom stereocenters. The van der Waals surface area contributed by atoms with Gasteiger partial charge in [0.2, 0.25) is 0 Å². The number of hydrogen-bond donors (Lipinski definition) is 1. The lowest BCUT2D eigenvalue weighted by molar-refractivity contribution is -0.149. The summed E-state index contributed by atoms with van der Waals surface area (Å²) in [6, 6.07) is 8.36. The van der Waals surface area contributed by atoms with Gasteiger partial charge in [-0.25, -0.2) is 0 Å². The molecule has 0 amide bonds. The minimum atomic E-state index is -0.638. The van der Waals surface area contributed by atoms with Crippen LogP contribution in [-0.2, 0) is 4.79 Å². The number of hydrogen-bond acceptors (Lipinski definition) is 4. The molecule has 114 valence electrons. The Bertz CT molecular complexity index is 512. The molecule has 21 heavy (non-hydrogen) atoms. The second-order valence-corrected chi connectivity index (χ2v) is 5.81. The number of anilines is 1. The molecule has 0 bridgehead atoms. The number of rotatable bonds is 4. The van der Waals surface area contributed by atoms with Crippen molar-refractivity contribution in [1.29, 1.82) is 0 Å². The summed E-state index contributed by atoms with van der Waals surface area (Å²) in [6.45, 7) is 3.75. The van der Waals surface area contributed by atoms with E-state index >= 15 is 0 Å². The second kappa shape index (κ2) is 5.93. The van der Waals surface area contributed by atoms with Gasteiger partial charge in [-0.1, -0.05) is 6.07 Å². The van der Waals surface area contributed by atoms with E-state index in [1.165, 1.54) is 5.69 Å². The van der Waals surface area contributed by atoms with Crippen LogP contribution in [0.1, 0.15) is 12.8 Å². The maximum atomic E-state index is 11.1. The van der Waals surface area contributed by atoms with Crippen molar-refractivity contribution in [3.05, 3.63) is 24.3 Å². The molecule has 2 aliphatic rings. The number of carboxylic acids is 1. The highest BCUT2D eigenvalue weighted by Crippen LogP contribution is 2.33. The van der Waals surface area contributed by atoms with Gasteiger partial charge >= 0.3 is 5.97 Å². The standard InChI is InChI=1S/C16H22N2O3/c1-21-13-4-2-3-12(11-13)17-7-9-18(10-8-17)15-6-5-14(15)16(19)20/h2-4,11,14-15H,5-10H2,1H3,(H,19,20). The van der Waals surface area contributed by atoms with Crippen LogP contribution in [0.4, 0.5) is 5.69 Å². The highest BCUT2D eigenvalue weighted by molar-refractivity contribution is 5.72. The normalized spacial score (nSPS) is 26.2. The van der Waals surface area contributed by atoms with E-state index in [0.29, 0.717) is 0 Å². The minimum Gasteiger partial charge on any atom is -0.497 e. The lowest BCUT2D eigenvalue weighted by atomic mass is 9.78.